The van der Waals surface area contributed by atoms with Gasteiger partial charge in [0.2, 0.25) is 0 Å². The first-order valence-corrected chi connectivity index (χ1v) is 5.76. The van der Waals surface area contributed by atoms with E-state index in [2.05, 4.69) is 15.1 Å². The Kier molecular flexibility index (Phi) is 3.33. The van der Waals surface area contributed by atoms with Crippen molar-refractivity contribution in [1.29, 1.82) is 0 Å². The quantitative estimate of drug-likeness (QED) is 0.706. The van der Waals surface area contributed by atoms with Crippen LogP contribution in [0.15, 0.2) is 0 Å². The molecule has 1 aromatic rings. The van der Waals surface area contributed by atoms with E-state index < -0.39 is 0 Å². The van der Waals surface area contributed by atoms with E-state index in [0.29, 0.717) is 0 Å². The number of rotatable bonds is 3. The van der Waals surface area contributed by atoms with Crippen molar-refractivity contribution in [3.8, 4) is 0 Å². The molecule has 0 saturated carbocycles. The fourth-order valence-corrected chi connectivity index (χ4v) is 2.14. The van der Waals surface area contributed by atoms with Gasteiger partial charge >= 0.3 is 0 Å². The summed E-state index contributed by atoms with van der Waals surface area (Å²) in [6.07, 6.45) is 4.35. The van der Waals surface area contributed by atoms with Gasteiger partial charge in [-0.25, -0.2) is 0 Å². The Morgan fingerprint density at radius 1 is 1.44 bits per heavy atom. The Morgan fingerprint density at radius 2 is 2.25 bits per heavy atom. The van der Waals surface area contributed by atoms with Gasteiger partial charge in [0.25, 0.3) is 0 Å². The van der Waals surface area contributed by atoms with Crippen molar-refractivity contribution in [2.75, 3.05) is 6.54 Å². The van der Waals surface area contributed by atoms with E-state index in [4.69, 9.17) is 0 Å². The van der Waals surface area contributed by atoms with E-state index in [1.807, 2.05) is 18.5 Å². The molecule has 0 radical (unpaired) electrons. The minimum Gasteiger partial charge on any atom is -0.317 e. The smallest absolute Gasteiger partial charge is 0.146 e. The van der Waals surface area contributed by atoms with Gasteiger partial charge in [-0.15, -0.1) is 10.2 Å². The third-order valence-electron chi connectivity index (χ3n) is 3.35. The number of aromatic nitrogens is 3. The molecule has 1 saturated heterocycles. The van der Waals surface area contributed by atoms with Crippen molar-refractivity contribution in [3.05, 3.63) is 11.6 Å². The first-order valence-electron chi connectivity index (χ1n) is 5.76. The maximum Gasteiger partial charge on any atom is 0.146 e. The van der Waals surface area contributed by atoms with Crippen LogP contribution >= 0.6 is 0 Å². The Labute approximate surface area is 95.5 Å². The summed E-state index contributed by atoms with van der Waals surface area (Å²) in [5.74, 6) is 1.85. The minimum atomic E-state index is 0.0609. The van der Waals surface area contributed by atoms with Crippen molar-refractivity contribution >= 4 is 6.29 Å². The normalized spacial score (nSPS) is 22.2. The summed E-state index contributed by atoms with van der Waals surface area (Å²) in [5, 5.41) is 8.16. The molecule has 2 rings (SSSR count). The summed E-state index contributed by atoms with van der Waals surface area (Å²) < 4.78 is 1.98. The predicted molar refractivity (Wildman–Crippen MR) is 59.9 cm³/mol. The predicted octanol–water partition coefficient (Wildman–Crippen LogP) is 0.677. The van der Waals surface area contributed by atoms with Crippen LogP contribution in [0, 0.1) is 6.92 Å². The highest BCUT2D eigenvalue weighted by molar-refractivity contribution is 5.57. The molecule has 1 atom stereocenters. The highest BCUT2D eigenvalue weighted by Crippen LogP contribution is 2.17. The van der Waals surface area contributed by atoms with Crippen LogP contribution in [-0.2, 0) is 18.4 Å². The Morgan fingerprint density at radius 3 is 2.88 bits per heavy atom. The molecule has 1 aliphatic heterocycles. The van der Waals surface area contributed by atoms with Gasteiger partial charge in [0.05, 0.1) is 12.6 Å². The van der Waals surface area contributed by atoms with Crippen molar-refractivity contribution in [2.45, 2.75) is 38.8 Å². The van der Waals surface area contributed by atoms with Gasteiger partial charge in [-0.2, -0.15) is 0 Å². The number of hydrogen-bond acceptors (Lipinski definition) is 4. The molecule has 5 heteroatoms. The van der Waals surface area contributed by atoms with Gasteiger partial charge in [-0.3, -0.25) is 4.90 Å². The van der Waals surface area contributed by atoms with Crippen molar-refractivity contribution in [3.63, 3.8) is 0 Å². The summed E-state index contributed by atoms with van der Waals surface area (Å²) in [6, 6.07) is 0.0609. The number of carbonyl (C=O) groups is 1. The van der Waals surface area contributed by atoms with E-state index in [1.54, 1.807) is 0 Å². The zero-order valence-corrected chi connectivity index (χ0v) is 9.89. The highest BCUT2D eigenvalue weighted by Gasteiger charge is 2.23. The number of nitrogens with zero attached hydrogens (tertiary/aromatic N) is 4. The molecule has 0 aromatic carbocycles. The fraction of sp³-hybridized carbons (Fsp3) is 0.727. The average molecular weight is 222 g/mol. The molecule has 2 heterocycles. The number of aldehydes is 1. The Hall–Kier alpha value is -1.23. The number of carbonyl (C=O) groups excluding carboxylic acids is 1. The molecule has 0 N–H and O–H groups in total. The first-order chi connectivity index (χ1) is 7.72. The molecular weight excluding hydrogens is 204 g/mol. The van der Waals surface area contributed by atoms with E-state index in [0.717, 1.165) is 43.9 Å². The molecule has 0 aliphatic carbocycles. The zero-order chi connectivity index (χ0) is 11.5. The van der Waals surface area contributed by atoms with Crippen LogP contribution in [0.4, 0.5) is 0 Å². The van der Waals surface area contributed by atoms with Crippen LogP contribution in [0.25, 0.3) is 0 Å². The molecule has 5 nitrogen and oxygen atoms in total. The molecule has 88 valence electrons. The molecular formula is C11H18N4O. The van der Waals surface area contributed by atoms with Crippen LogP contribution in [0.1, 0.15) is 30.9 Å². The second-order valence-corrected chi connectivity index (χ2v) is 4.39. The second-order valence-electron chi connectivity index (χ2n) is 4.39. The van der Waals surface area contributed by atoms with Gasteiger partial charge in [0.1, 0.15) is 17.9 Å². The molecule has 1 aromatic heterocycles. The largest absolute Gasteiger partial charge is 0.317 e. The molecule has 0 amide bonds. The average Bonchev–Trinajstić information content (AvgIpc) is 2.62. The zero-order valence-electron chi connectivity index (χ0n) is 9.89. The van der Waals surface area contributed by atoms with Crippen molar-refractivity contribution < 1.29 is 4.79 Å². The summed E-state index contributed by atoms with van der Waals surface area (Å²) >= 11 is 0. The third-order valence-corrected chi connectivity index (χ3v) is 3.35. The lowest BCUT2D eigenvalue weighted by molar-refractivity contribution is -0.113. The van der Waals surface area contributed by atoms with Crippen LogP contribution in [0.3, 0.4) is 0 Å². The summed E-state index contributed by atoms with van der Waals surface area (Å²) in [6.45, 7) is 3.64. The number of hydrogen-bond donors (Lipinski definition) is 0. The topological polar surface area (TPSA) is 51.0 Å². The molecule has 0 spiro atoms. The number of aryl methyl sites for hydroxylation is 1. The third kappa shape index (κ3) is 2.14. The summed E-state index contributed by atoms with van der Waals surface area (Å²) in [5.41, 5.74) is 0. The van der Waals surface area contributed by atoms with Crippen LogP contribution in [-0.4, -0.2) is 38.5 Å². The highest BCUT2D eigenvalue weighted by atomic mass is 16.1. The van der Waals surface area contributed by atoms with E-state index in [-0.39, 0.29) is 6.04 Å². The van der Waals surface area contributed by atoms with Crippen LogP contribution in [0.2, 0.25) is 0 Å². The first kappa shape index (κ1) is 11.3. The van der Waals surface area contributed by atoms with Crippen molar-refractivity contribution in [1.82, 2.24) is 19.7 Å². The lowest BCUT2D eigenvalue weighted by Gasteiger charge is -2.31. The van der Waals surface area contributed by atoms with Crippen molar-refractivity contribution in [2.24, 2.45) is 7.05 Å². The van der Waals surface area contributed by atoms with E-state index in [1.165, 1.54) is 6.42 Å². The Balaban J connectivity index is 2.07. The molecule has 1 unspecified atom stereocenters. The van der Waals surface area contributed by atoms with Gasteiger partial charge in [0.15, 0.2) is 0 Å². The lowest BCUT2D eigenvalue weighted by Crippen LogP contribution is -2.40. The van der Waals surface area contributed by atoms with Gasteiger partial charge in [-0.05, 0) is 26.3 Å². The van der Waals surface area contributed by atoms with Gasteiger partial charge < -0.3 is 9.36 Å². The second kappa shape index (κ2) is 4.74. The molecule has 0 bridgehead atoms. The van der Waals surface area contributed by atoms with E-state index in [9.17, 15) is 4.79 Å². The van der Waals surface area contributed by atoms with Gasteiger partial charge in [-0.1, -0.05) is 6.42 Å². The standard InChI is InChI=1S/C11H18N4O/c1-9-12-13-11(14(9)2)7-15-6-4-3-5-10(15)8-16/h8,10H,3-7H2,1-2H3. The lowest BCUT2D eigenvalue weighted by atomic mass is 10.0. The molecule has 1 fully saturated rings. The van der Waals surface area contributed by atoms with Crippen LogP contribution in [0.5, 0.6) is 0 Å². The maximum absolute atomic E-state index is 11.0. The monoisotopic (exact) mass is 222 g/mol. The SMILES string of the molecule is Cc1nnc(CN2CCCCC2C=O)n1C. The van der Waals surface area contributed by atoms with Gasteiger partial charge in [0, 0.05) is 7.05 Å². The number of likely N-dealkylation sites (tertiary alicyclic amines) is 1. The van der Waals surface area contributed by atoms with E-state index >= 15 is 0 Å². The Bertz CT molecular complexity index is 374. The van der Waals surface area contributed by atoms with Crippen LogP contribution < -0.4 is 0 Å². The molecule has 16 heavy (non-hydrogen) atoms. The maximum atomic E-state index is 11.0. The summed E-state index contributed by atoms with van der Waals surface area (Å²) in [7, 11) is 1.96. The molecule has 1 aliphatic rings. The summed E-state index contributed by atoms with van der Waals surface area (Å²) in [4.78, 5) is 13.2. The number of piperidine rings is 1. The minimum absolute atomic E-state index is 0.0609. The fourth-order valence-electron chi connectivity index (χ4n) is 2.14.